The van der Waals surface area contributed by atoms with Crippen LogP contribution in [0.3, 0.4) is 0 Å². The van der Waals surface area contributed by atoms with Crippen LogP contribution in [-0.4, -0.2) is 43.6 Å². The minimum Gasteiger partial charge on any atom is -0.491 e. The lowest BCUT2D eigenvalue weighted by molar-refractivity contribution is -0.137. The van der Waals surface area contributed by atoms with Gasteiger partial charge in [-0.2, -0.15) is 13.2 Å². The van der Waals surface area contributed by atoms with Crippen molar-refractivity contribution in [1.82, 2.24) is 5.32 Å². The summed E-state index contributed by atoms with van der Waals surface area (Å²) in [7, 11) is 0. The first-order valence-corrected chi connectivity index (χ1v) is 7.24. The molecule has 0 aromatic heterocycles. The molecule has 1 heterocycles. The van der Waals surface area contributed by atoms with Crippen molar-refractivity contribution in [3.63, 3.8) is 0 Å². The Kier molecular flexibility index (Phi) is 6.05. The highest BCUT2D eigenvalue weighted by atomic mass is 19.4. The largest absolute Gasteiger partial charge is 0.491 e. The van der Waals surface area contributed by atoms with Gasteiger partial charge in [-0.05, 0) is 31.0 Å². The Morgan fingerprint density at radius 2 is 2.05 bits per heavy atom. The zero-order chi connectivity index (χ0) is 16.0. The average molecular weight is 319 g/mol. The van der Waals surface area contributed by atoms with Crippen LogP contribution in [0.5, 0.6) is 5.75 Å². The summed E-state index contributed by atoms with van der Waals surface area (Å²) in [4.78, 5) is 0. The fraction of sp³-hybridized carbons (Fsp3) is 0.600. The second-order valence-corrected chi connectivity index (χ2v) is 5.29. The van der Waals surface area contributed by atoms with Crippen LogP contribution < -0.4 is 10.1 Å². The van der Waals surface area contributed by atoms with Crippen molar-refractivity contribution in [2.75, 3.05) is 26.4 Å². The third-order valence-corrected chi connectivity index (χ3v) is 3.47. The molecule has 1 aromatic carbocycles. The van der Waals surface area contributed by atoms with Crippen LogP contribution in [0, 0.1) is 0 Å². The van der Waals surface area contributed by atoms with Gasteiger partial charge in [0.2, 0.25) is 0 Å². The Bertz CT molecular complexity index is 462. The third kappa shape index (κ3) is 5.47. The number of benzene rings is 1. The van der Waals surface area contributed by atoms with Gasteiger partial charge in [-0.1, -0.05) is 6.07 Å². The Hall–Kier alpha value is -1.31. The van der Waals surface area contributed by atoms with Crippen LogP contribution in [0.25, 0.3) is 0 Å². The quantitative estimate of drug-likeness (QED) is 0.844. The number of alkyl halides is 3. The van der Waals surface area contributed by atoms with Gasteiger partial charge in [0.15, 0.2) is 0 Å². The van der Waals surface area contributed by atoms with Crippen LogP contribution in [0.1, 0.15) is 18.4 Å². The maximum absolute atomic E-state index is 12.6. The van der Waals surface area contributed by atoms with Crippen LogP contribution in [0.15, 0.2) is 24.3 Å². The molecule has 7 heteroatoms. The van der Waals surface area contributed by atoms with Crippen molar-refractivity contribution < 1.29 is 27.8 Å². The van der Waals surface area contributed by atoms with Crippen LogP contribution >= 0.6 is 0 Å². The molecule has 0 bridgehead atoms. The van der Waals surface area contributed by atoms with Gasteiger partial charge in [-0.25, -0.2) is 0 Å². The lowest BCUT2D eigenvalue weighted by atomic mass is 10.1. The van der Waals surface area contributed by atoms with Crippen molar-refractivity contribution in [1.29, 1.82) is 0 Å². The Balaban J connectivity index is 1.74. The number of aliphatic hydroxyl groups is 1. The Morgan fingerprint density at radius 3 is 2.73 bits per heavy atom. The van der Waals surface area contributed by atoms with Gasteiger partial charge in [-0.3, -0.25) is 0 Å². The van der Waals surface area contributed by atoms with Gasteiger partial charge in [0.05, 0.1) is 5.56 Å². The lowest BCUT2D eigenvalue weighted by Crippen LogP contribution is -2.40. The summed E-state index contributed by atoms with van der Waals surface area (Å²) in [6.07, 6.45) is -3.40. The van der Waals surface area contributed by atoms with E-state index in [1.54, 1.807) is 0 Å². The van der Waals surface area contributed by atoms with Gasteiger partial charge >= 0.3 is 6.18 Å². The van der Waals surface area contributed by atoms with Gasteiger partial charge in [-0.15, -0.1) is 0 Å². The molecule has 22 heavy (non-hydrogen) atoms. The highest BCUT2D eigenvalue weighted by molar-refractivity contribution is 5.30. The molecule has 1 saturated heterocycles. The fourth-order valence-corrected chi connectivity index (χ4v) is 2.22. The number of ether oxygens (including phenoxy) is 2. The standard InChI is InChI=1S/C15H20F3NO3/c16-15(17,18)11-2-1-3-14(8-11)22-10-13(20)9-19-12-4-6-21-7-5-12/h1-3,8,12-13,19-20H,4-7,9-10H2. The monoisotopic (exact) mass is 319 g/mol. The van der Waals surface area contributed by atoms with E-state index in [4.69, 9.17) is 9.47 Å². The second kappa shape index (κ2) is 7.80. The highest BCUT2D eigenvalue weighted by Crippen LogP contribution is 2.31. The third-order valence-electron chi connectivity index (χ3n) is 3.47. The van der Waals surface area contributed by atoms with E-state index in [-0.39, 0.29) is 12.4 Å². The van der Waals surface area contributed by atoms with Gasteiger partial charge in [0, 0.05) is 25.8 Å². The molecule has 0 radical (unpaired) electrons. The summed E-state index contributed by atoms with van der Waals surface area (Å²) < 4.78 is 48.2. The van der Waals surface area contributed by atoms with E-state index in [9.17, 15) is 18.3 Å². The lowest BCUT2D eigenvalue weighted by Gasteiger charge is -2.24. The predicted molar refractivity (Wildman–Crippen MR) is 74.8 cm³/mol. The van der Waals surface area contributed by atoms with Gasteiger partial charge in [0.1, 0.15) is 18.5 Å². The molecule has 0 amide bonds. The number of aliphatic hydroxyl groups excluding tert-OH is 1. The molecule has 4 nitrogen and oxygen atoms in total. The van der Waals surface area contributed by atoms with E-state index in [1.807, 2.05) is 0 Å². The number of rotatable bonds is 6. The number of hydrogen-bond acceptors (Lipinski definition) is 4. The first-order valence-electron chi connectivity index (χ1n) is 7.24. The number of halogens is 3. The average Bonchev–Trinajstić information content (AvgIpc) is 2.51. The molecular formula is C15H20F3NO3. The van der Waals surface area contributed by atoms with E-state index < -0.39 is 17.8 Å². The minimum absolute atomic E-state index is 0.0580. The van der Waals surface area contributed by atoms with Gasteiger partial charge in [0.25, 0.3) is 0 Å². The zero-order valence-electron chi connectivity index (χ0n) is 12.1. The molecule has 1 unspecified atom stereocenters. The van der Waals surface area contributed by atoms with Crippen LogP contribution in [0.2, 0.25) is 0 Å². The van der Waals surface area contributed by atoms with Crippen molar-refractivity contribution in [2.45, 2.75) is 31.2 Å². The molecule has 0 aliphatic carbocycles. The SMILES string of the molecule is OC(CNC1CCOCC1)COc1cccc(C(F)(F)F)c1. The smallest absolute Gasteiger partial charge is 0.416 e. The molecule has 0 saturated carbocycles. The van der Waals surface area contributed by atoms with E-state index in [2.05, 4.69) is 5.32 Å². The number of nitrogens with one attached hydrogen (secondary N) is 1. The molecule has 1 aliphatic heterocycles. The van der Waals surface area contributed by atoms with Crippen molar-refractivity contribution in [3.05, 3.63) is 29.8 Å². The molecule has 2 N–H and O–H groups in total. The van der Waals surface area contributed by atoms with Crippen LogP contribution in [-0.2, 0) is 10.9 Å². The maximum atomic E-state index is 12.6. The van der Waals surface area contributed by atoms with Gasteiger partial charge < -0.3 is 19.9 Å². The molecule has 1 aromatic rings. The van der Waals surface area contributed by atoms with Crippen molar-refractivity contribution in [3.8, 4) is 5.75 Å². The van der Waals surface area contributed by atoms with Crippen LogP contribution in [0.4, 0.5) is 13.2 Å². The molecular weight excluding hydrogens is 299 g/mol. The molecule has 2 rings (SSSR count). The van der Waals surface area contributed by atoms with E-state index in [0.717, 1.165) is 25.0 Å². The molecule has 1 fully saturated rings. The normalized spacial score (nSPS) is 18.2. The maximum Gasteiger partial charge on any atom is 0.416 e. The summed E-state index contributed by atoms with van der Waals surface area (Å²) in [5.41, 5.74) is -0.764. The second-order valence-electron chi connectivity index (χ2n) is 5.29. The summed E-state index contributed by atoms with van der Waals surface area (Å²) in [5.74, 6) is 0.0972. The predicted octanol–water partition coefficient (Wildman–Crippen LogP) is 2.21. The van der Waals surface area contributed by atoms with E-state index >= 15 is 0 Å². The Labute approximate surface area is 127 Å². The minimum atomic E-state index is -4.40. The topological polar surface area (TPSA) is 50.7 Å². The first kappa shape index (κ1) is 17.1. The molecule has 124 valence electrons. The van der Waals surface area contributed by atoms with Crippen molar-refractivity contribution >= 4 is 0 Å². The zero-order valence-corrected chi connectivity index (χ0v) is 12.1. The molecule has 0 spiro atoms. The van der Waals surface area contributed by atoms with Crippen molar-refractivity contribution in [2.24, 2.45) is 0 Å². The Morgan fingerprint density at radius 1 is 1.32 bits per heavy atom. The fourth-order valence-electron chi connectivity index (χ4n) is 2.22. The summed E-state index contributed by atoms with van der Waals surface area (Å²) in [6, 6.07) is 4.93. The first-order chi connectivity index (χ1) is 10.4. The molecule has 1 atom stereocenters. The van der Waals surface area contributed by atoms with E-state index in [1.165, 1.54) is 12.1 Å². The summed E-state index contributed by atoms with van der Waals surface area (Å²) >= 11 is 0. The number of hydrogen-bond donors (Lipinski definition) is 2. The van der Waals surface area contributed by atoms with E-state index in [0.29, 0.717) is 25.8 Å². The highest BCUT2D eigenvalue weighted by Gasteiger charge is 2.30. The molecule has 1 aliphatic rings. The summed E-state index contributed by atoms with van der Waals surface area (Å²) in [5, 5.41) is 13.0. The summed E-state index contributed by atoms with van der Waals surface area (Å²) in [6.45, 7) is 1.68.